The third kappa shape index (κ3) is 8.56. The molecule has 1 saturated heterocycles. The van der Waals surface area contributed by atoms with Crippen LogP contribution in [0.2, 0.25) is 0 Å². The predicted octanol–water partition coefficient (Wildman–Crippen LogP) is 2.25. The minimum Gasteiger partial charge on any atom is -0.356 e. The Labute approximate surface area is 145 Å². The third-order valence-corrected chi connectivity index (χ3v) is 4.24. The van der Waals surface area contributed by atoms with Gasteiger partial charge in [-0.25, -0.2) is 0 Å². The second-order valence-corrected chi connectivity index (χ2v) is 6.14. The molecule has 2 N–H and O–H groups in total. The minimum atomic E-state index is 0. The Balaban J connectivity index is 0.00000361. The summed E-state index contributed by atoms with van der Waals surface area (Å²) in [6, 6.07) is 0. The maximum atomic E-state index is 4.26. The van der Waals surface area contributed by atoms with Crippen LogP contribution in [0.25, 0.3) is 0 Å². The molecule has 0 radical (unpaired) electrons. The Morgan fingerprint density at radius 2 is 2.00 bits per heavy atom. The van der Waals surface area contributed by atoms with E-state index < -0.39 is 0 Å². The number of rotatable bonds is 7. The van der Waals surface area contributed by atoms with E-state index in [0.717, 1.165) is 30.7 Å². The van der Waals surface area contributed by atoms with Crippen molar-refractivity contribution in [2.45, 2.75) is 26.2 Å². The van der Waals surface area contributed by atoms with Crippen molar-refractivity contribution >= 4 is 41.7 Å². The number of nitrogens with one attached hydrogen (secondary N) is 2. The third-order valence-electron chi connectivity index (χ3n) is 3.63. The molecule has 0 amide bonds. The van der Waals surface area contributed by atoms with Crippen molar-refractivity contribution < 1.29 is 0 Å². The van der Waals surface area contributed by atoms with Gasteiger partial charge in [-0.1, -0.05) is 6.92 Å². The van der Waals surface area contributed by atoms with Gasteiger partial charge in [0.1, 0.15) is 0 Å². The fourth-order valence-electron chi connectivity index (χ4n) is 2.46. The molecule has 0 aromatic heterocycles. The summed E-state index contributed by atoms with van der Waals surface area (Å²) < 4.78 is 0. The van der Waals surface area contributed by atoms with E-state index in [2.05, 4.69) is 33.7 Å². The summed E-state index contributed by atoms with van der Waals surface area (Å²) in [7, 11) is 1.85. The quantitative estimate of drug-likeness (QED) is 0.290. The molecule has 0 atom stereocenters. The fourth-order valence-corrected chi connectivity index (χ4v) is 2.77. The molecule has 1 fully saturated rings. The summed E-state index contributed by atoms with van der Waals surface area (Å²) in [5.74, 6) is 2.87. The van der Waals surface area contributed by atoms with Crippen LogP contribution in [0.1, 0.15) is 26.2 Å². The number of halogens is 1. The van der Waals surface area contributed by atoms with Crippen LogP contribution in [-0.4, -0.2) is 62.6 Å². The average Bonchev–Trinajstić information content (AvgIpc) is 2.44. The highest BCUT2D eigenvalue weighted by Gasteiger charge is 2.18. The number of likely N-dealkylation sites (tertiary alicyclic amines) is 1. The lowest BCUT2D eigenvalue weighted by molar-refractivity contribution is 0.185. The standard InChI is InChI=1S/C14H30N4S.HI/c1-4-8-18-9-5-13(6-10-18)12-17-14(15-2)16-7-11-19-3;/h13H,4-12H2,1-3H3,(H2,15,16,17);1H. The van der Waals surface area contributed by atoms with Crippen LogP contribution in [0, 0.1) is 5.92 Å². The topological polar surface area (TPSA) is 39.7 Å². The molecule has 0 saturated carbocycles. The van der Waals surface area contributed by atoms with Crippen LogP contribution in [-0.2, 0) is 0 Å². The number of guanidine groups is 1. The smallest absolute Gasteiger partial charge is 0.191 e. The number of nitrogens with zero attached hydrogens (tertiary/aromatic N) is 2. The molecule has 0 aliphatic carbocycles. The monoisotopic (exact) mass is 414 g/mol. The maximum Gasteiger partial charge on any atom is 0.191 e. The molecular weight excluding hydrogens is 383 g/mol. The first-order valence-corrected chi connectivity index (χ1v) is 8.85. The van der Waals surface area contributed by atoms with Crippen LogP contribution in [0.15, 0.2) is 4.99 Å². The largest absolute Gasteiger partial charge is 0.356 e. The summed E-state index contributed by atoms with van der Waals surface area (Å²) in [5, 5.41) is 6.80. The normalized spacial score (nSPS) is 17.6. The van der Waals surface area contributed by atoms with E-state index in [1.807, 2.05) is 18.8 Å². The highest BCUT2D eigenvalue weighted by atomic mass is 127. The van der Waals surface area contributed by atoms with Gasteiger partial charge in [0.15, 0.2) is 5.96 Å². The van der Waals surface area contributed by atoms with Gasteiger partial charge < -0.3 is 15.5 Å². The molecular formula is C14H31IN4S. The molecule has 1 heterocycles. The van der Waals surface area contributed by atoms with Crippen molar-refractivity contribution in [1.29, 1.82) is 0 Å². The lowest BCUT2D eigenvalue weighted by Gasteiger charge is -2.32. The summed E-state index contributed by atoms with van der Waals surface area (Å²) >= 11 is 1.85. The van der Waals surface area contributed by atoms with Gasteiger partial charge in [-0.15, -0.1) is 24.0 Å². The van der Waals surface area contributed by atoms with E-state index in [9.17, 15) is 0 Å². The number of hydrogen-bond donors (Lipinski definition) is 2. The van der Waals surface area contributed by atoms with Gasteiger partial charge in [-0.3, -0.25) is 4.99 Å². The van der Waals surface area contributed by atoms with E-state index in [-0.39, 0.29) is 24.0 Å². The Morgan fingerprint density at radius 1 is 1.30 bits per heavy atom. The first-order chi connectivity index (χ1) is 9.30. The van der Waals surface area contributed by atoms with Crippen molar-refractivity contribution in [1.82, 2.24) is 15.5 Å². The second kappa shape index (κ2) is 13.0. The molecule has 6 heteroatoms. The van der Waals surface area contributed by atoms with Gasteiger partial charge >= 0.3 is 0 Å². The Morgan fingerprint density at radius 3 is 2.55 bits per heavy atom. The predicted molar refractivity (Wildman–Crippen MR) is 103 cm³/mol. The van der Waals surface area contributed by atoms with Crippen LogP contribution >= 0.6 is 35.7 Å². The molecule has 1 aliphatic heterocycles. The zero-order valence-electron chi connectivity index (χ0n) is 13.2. The lowest BCUT2D eigenvalue weighted by Crippen LogP contribution is -2.43. The lowest BCUT2D eigenvalue weighted by atomic mass is 9.97. The minimum absolute atomic E-state index is 0. The summed E-state index contributed by atoms with van der Waals surface area (Å²) in [4.78, 5) is 6.85. The van der Waals surface area contributed by atoms with Gasteiger partial charge in [0.2, 0.25) is 0 Å². The first kappa shape index (κ1) is 20.3. The Hall–Kier alpha value is 0.310. The van der Waals surface area contributed by atoms with Crippen LogP contribution in [0.4, 0.5) is 0 Å². The van der Waals surface area contributed by atoms with E-state index in [1.54, 1.807) is 0 Å². The Bertz CT molecular complexity index is 256. The zero-order chi connectivity index (χ0) is 13.9. The molecule has 1 aliphatic rings. The van der Waals surface area contributed by atoms with Crippen molar-refractivity contribution in [2.75, 3.05) is 51.8 Å². The second-order valence-electron chi connectivity index (χ2n) is 5.16. The SMILES string of the molecule is CCCN1CCC(CNC(=NC)NCCSC)CC1.I. The van der Waals surface area contributed by atoms with Gasteiger partial charge in [0.25, 0.3) is 0 Å². The van der Waals surface area contributed by atoms with Gasteiger partial charge in [0.05, 0.1) is 0 Å². The molecule has 0 aromatic rings. The Kier molecular flexibility index (Phi) is 13.2. The molecule has 120 valence electrons. The number of hydrogen-bond acceptors (Lipinski definition) is 3. The van der Waals surface area contributed by atoms with Gasteiger partial charge in [0, 0.05) is 25.9 Å². The molecule has 20 heavy (non-hydrogen) atoms. The van der Waals surface area contributed by atoms with Crippen LogP contribution in [0.5, 0.6) is 0 Å². The molecule has 0 aromatic carbocycles. The molecule has 0 spiro atoms. The van der Waals surface area contributed by atoms with Gasteiger partial charge in [-0.05, 0) is 51.1 Å². The highest BCUT2D eigenvalue weighted by Crippen LogP contribution is 2.16. The van der Waals surface area contributed by atoms with Crippen molar-refractivity contribution in [3.05, 3.63) is 0 Å². The number of piperidine rings is 1. The molecule has 0 bridgehead atoms. The molecule has 4 nitrogen and oxygen atoms in total. The first-order valence-electron chi connectivity index (χ1n) is 7.46. The van der Waals surface area contributed by atoms with Crippen molar-refractivity contribution in [3.63, 3.8) is 0 Å². The number of thioether (sulfide) groups is 1. The van der Waals surface area contributed by atoms with Crippen LogP contribution < -0.4 is 10.6 Å². The van der Waals surface area contributed by atoms with Crippen molar-refractivity contribution in [3.8, 4) is 0 Å². The van der Waals surface area contributed by atoms with E-state index in [0.29, 0.717) is 0 Å². The fraction of sp³-hybridized carbons (Fsp3) is 0.929. The summed E-state index contributed by atoms with van der Waals surface area (Å²) in [6.07, 6.45) is 6.03. The van der Waals surface area contributed by atoms with Gasteiger partial charge in [-0.2, -0.15) is 11.8 Å². The maximum absolute atomic E-state index is 4.26. The zero-order valence-corrected chi connectivity index (χ0v) is 16.3. The summed E-state index contributed by atoms with van der Waals surface area (Å²) in [5.41, 5.74) is 0. The molecule has 0 unspecified atom stereocenters. The molecule has 1 rings (SSSR count). The van der Waals surface area contributed by atoms with Crippen molar-refractivity contribution in [2.24, 2.45) is 10.9 Å². The number of aliphatic imine (C=N–C) groups is 1. The van der Waals surface area contributed by atoms with Crippen LogP contribution in [0.3, 0.4) is 0 Å². The van der Waals surface area contributed by atoms with E-state index in [4.69, 9.17) is 0 Å². The summed E-state index contributed by atoms with van der Waals surface area (Å²) in [6.45, 7) is 8.09. The van der Waals surface area contributed by atoms with E-state index in [1.165, 1.54) is 38.9 Å². The van der Waals surface area contributed by atoms with E-state index >= 15 is 0 Å². The highest BCUT2D eigenvalue weighted by molar-refractivity contribution is 14.0. The average molecular weight is 414 g/mol.